The highest BCUT2D eigenvalue weighted by Gasteiger charge is 1.99. The van der Waals surface area contributed by atoms with Gasteiger partial charge in [0.25, 0.3) is 0 Å². The number of allylic oxidation sites excluding steroid dienone is 1. The average Bonchev–Trinajstić information content (AvgIpc) is 2.72. The van der Waals surface area contributed by atoms with Gasteiger partial charge in [0, 0.05) is 6.20 Å². The molecule has 0 aliphatic carbocycles. The molecule has 0 unspecified atom stereocenters. The Morgan fingerprint density at radius 3 is 2.75 bits per heavy atom. The van der Waals surface area contributed by atoms with Gasteiger partial charge >= 0.3 is 0 Å². The molecule has 0 saturated heterocycles. The summed E-state index contributed by atoms with van der Waals surface area (Å²) in [5.74, 6) is 0. The van der Waals surface area contributed by atoms with E-state index in [1.807, 2.05) is 17.0 Å². The van der Waals surface area contributed by atoms with Gasteiger partial charge in [0.2, 0.25) is 0 Å². The van der Waals surface area contributed by atoms with E-state index in [9.17, 15) is 0 Å². The Hall–Kier alpha value is -1.12. The minimum Gasteiger partial charge on any atom is -0.248 e. The second-order valence-corrected chi connectivity index (χ2v) is 4.24. The van der Waals surface area contributed by atoms with E-state index in [1.165, 1.54) is 38.5 Å². The molecule has 0 saturated carbocycles. The molecule has 0 N–H and O–H groups in total. The number of nitrogens with zero attached hydrogens (tertiary/aromatic N) is 3. The summed E-state index contributed by atoms with van der Waals surface area (Å²) in [5.41, 5.74) is 1.11. The van der Waals surface area contributed by atoms with E-state index in [-0.39, 0.29) is 0 Å². The molecule has 0 aliphatic rings. The summed E-state index contributed by atoms with van der Waals surface area (Å²) < 4.78 is 1.83. The molecule has 0 radical (unpaired) electrons. The van der Waals surface area contributed by atoms with E-state index in [4.69, 9.17) is 0 Å². The standard InChI is InChI=1S/C13H23N3/c1-3-5-6-7-8-9-10-13-12-16(11-4-2)15-14-13/h4,12H,2-3,5-11H2,1H3. The average molecular weight is 221 g/mol. The molecule has 0 aliphatic heterocycles. The number of aromatic nitrogens is 3. The lowest BCUT2D eigenvalue weighted by Gasteiger charge is -1.98. The number of rotatable bonds is 9. The van der Waals surface area contributed by atoms with Crippen LogP contribution in [0.2, 0.25) is 0 Å². The molecular formula is C13H23N3. The zero-order chi connectivity index (χ0) is 11.6. The number of hydrogen-bond acceptors (Lipinski definition) is 2. The molecule has 1 rings (SSSR count). The molecule has 0 bridgehead atoms. The van der Waals surface area contributed by atoms with Gasteiger partial charge in [-0.2, -0.15) is 0 Å². The van der Waals surface area contributed by atoms with Crippen molar-refractivity contribution in [2.75, 3.05) is 0 Å². The molecule has 0 spiro atoms. The van der Waals surface area contributed by atoms with E-state index in [2.05, 4.69) is 23.8 Å². The SMILES string of the molecule is C=CCn1cc(CCCCCCCC)nn1. The summed E-state index contributed by atoms with van der Waals surface area (Å²) in [6.45, 7) is 6.68. The fraction of sp³-hybridized carbons (Fsp3) is 0.692. The molecule has 1 aromatic heterocycles. The van der Waals surface area contributed by atoms with Gasteiger partial charge in [-0.1, -0.05) is 50.3 Å². The third-order valence-corrected chi connectivity index (χ3v) is 2.69. The third-order valence-electron chi connectivity index (χ3n) is 2.69. The quantitative estimate of drug-likeness (QED) is 0.473. The topological polar surface area (TPSA) is 30.7 Å². The third kappa shape index (κ3) is 5.10. The zero-order valence-corrected chi connectivity index (χ0v) is 10.4. The molecular weight excluding hydrogens is 198 g/mol. The predicted octanol–water partition coefficient (Wildman–Crippen LogP) is 3.37. The summed E-state index contributed by atoms with van der Waals surface area (Å²) in [7, 11) is 0. The minimum atomic E-state index is 0.753. The van der Waals surface area contributed by atoms with Gasteiger partial charge in [-0.3, -0.25) is 0 Å². The van der Waals surface area contributed by atoms with Crippen LogP contribution >= 0.6 is 0 Å². The second kappa shape index (κ2) is 8.08. The van der Waals surface area contributed by atoms with Crippen molar-refractivity contribution in [1.82, 2.24) is 15.0 Å². The lowest BCUT2D eigenvalue weighted by Crippen LogP contribution is -1.94. The van der Waals surface area contributed by atoms with Crippen molar-refractivity contribution < 1.29 is 0 Å². The fourth-order valence-electron chi connectivity index (χ4n) is 1.76. The normalized spacial score (nSPS) is 10.6. The van der Waals surface area contributed by atoms with E-state index in [0.29, 0.717) is 0 Å². The maximum Gasteiger partial charge on any atom is 0.0827 e. The number of unbranched alkanes of at least 4 members (excludes halogenated alkanes) is 5. The van der Waals surface area contributed by atoms with Gasteiger partial charge in [0.15, 0.2) is 0 Å². The van der Waals surface area contributed by atoms with Crippen LogP contribution in [0, 0.1) is 0 Å². The Labute approximate surface area is 98.6 Å². The van der Waals surface area contributed by atoms with Crippen LogP contribution in [-0.2, 0) is 13.0 Å². The zero-order valence-electron chi connectivity index (χ0n) is 10.4. The van der Waals surface area contributed by atoms with Gasteiger partial charge < -0.3 is 0 Å². The first kappa shape index (κ1) is 12.9. The first-order chi connectivity index (χ1) is 7.86. The van der Waals surface area contributed by atoms with Crippen molar-refractivity contribution >= 4 is 0 Å². The Morgan fingerprint density at radius 1 is 1.25 bits per heavy atom. The van der Waals surface area contributed by atoms with E-state index >= 15 is 0 Å². The summed E-state index contributed by atoms with van der Waals surface area (Å²) in [5, 5.41) is 8.16. The van der Waals surface area contributed by atoms with Crippen LogP contribution in [0.4, 0.5) is 0 Å². The van der Waals surface area contributed by atoms with Crippen LogP contribution in [0.15, 0.2) is 18.9 Å². The first-order valence-electron chi connectivity index (χ1n) is 6.36. The highest BCUT2D eigenvalue weighted by atomic mass is 15.4. The van der Waals surface area contributed by atoms with Crippen molar-refractivity contribution in [3.8, 4) is 0 Å². The van der Waals surface area contributed by atoms with Crippen molar-refractivity contribution in [1.29, 1.82) is 0 Å². The summed E-state index contributed by atoms with van der Waals surface area (Å²) in [4.78, 5) is 0. The Bertz CT molecular complexity index is 291. The molecule has 1 aromatic rings. The Morgan fingerprint density at radius 2 is 2.00 bits per heavy atom. The highest BCUT2D eigenvalue weighted by Crippen LogP contribution is 2.07. The monoisotopic (exact) mass is 221 g/mol. The van der Waals surface area contributed by atoms with Crippen molar-refractivity contribution in [2.45, 2.75) is 58.4 Å². The largest absolute Gasteiger partial charge is 0.248 e. The van der Waals surface area contributed by atoms with Crippen molar-refractivity contribution in [2.24, 2.45) is 0 Å². The van der Waals surface area contributed by atoms with Crippen molar-refractivity contribution in [3.05, 3.63) is 24.5 Å². The van der Waals surface area contributed by atoms with Gasteiger partial charge in [-0.05, 0) is 12.8 Å². The molecule has 1 heterocycles. The van der Waals surface area contributed by atoms with Crippen LogP contribution in [0.5, 0.6) is 0 Å². The molecule has 0 fully saturated rings. The van der Waals surface area contributed by atoms with E-state index < -0.39 is 0 Å². The molecule has 3 nitrogen and oxygen atoms in total. The molecule has 90 valence electrons. The van der Waals surface area contributed by atoms with Crippen LogP contribution in [0.1, 0.15) is 51.1 Å². The van der Waals surface area contributed by atoms with Gasteiger partial charge in [-0.25, -0.2) is 4.68 Å². The lowest BCUT2D eigenvalue weighted by atomic mass is 10.1. The lowest BCUT2D eigenvalue weighted by molar-refractivity contribution is 0.604. The summed E-state index contributed by atoms with van der Waals surface area (Å²) in [6, 6.07) is 0. The Balaban J connectivity index is 2.09. The molecule has 0 amide bonds. The van der Waals surface area contributed by atoms with Gasteiger partial charge in [-0.15, -0.1) is 11.7 Å². The summed E-state index contributed by atoms with van der Waals surface area (Å²) >= 11 is 0. The maximum absolute atomic E-state index is 4.13. The molecule has 3 heteroatoms. The van der Waals surface area contributed by atoms with Crippen molar-refractivity contribution in [3.63, 3.8) is 0 Å². The Kier molecular flexibility index (Phi) is 6.54. The van der Waals surface area contributed by atoms with E-state index in [0.717, 1.165) is 18.7 Å². The van der Waals surface area contributed by atoms with Crippen LogP contribution < -0.4 is 0 Å². The van der Waals surface area contributed by atoms with Gasteiger partial charge in [0.1, 0.15) is 0 Å². The molecule has 0 atom stereocenters. The smallest absolute Gasteiger partial charge is 0.0827 e. The molecule has 0 aromatic carbocycles. The summed E-state index contributed by atoms with van der Waals surface area (Å²) in [6.07, 6.45) is 12.9. The second-order valence-electron chi connectivity index (χ2n) is 4.24. The van der Waals surface area contributed by atoms with Crippen LogP contribution in [-0.4, -0.2) is 15.0 Å². The highest BCUT2D eigenvalue weighted by molar-refractivity contribution is 4.92. The van der Waals surface area contributed by atoms with E-state index in [1.54, 1.807) is 0 Å². The van der Waals surface area contributed by atoms with Crippen LogP contribution in [0.3, 0.4) is 0 Å². The minimum absolute atomic E-state index is 0.753. The fourth-order valence-corrected chi connectivity index (χ4v) is 1.76. The number of aryl methyl sites for hydroxylation is 1. The molecule has 16 heavy (non-hydrogen) atoms. The predicted molar refractivity (Wildman–Crippen MR) is 67.3 cm³/mol. The van der Waals surface area contributed by atoms with Crippen LogP contribution in [0.25, 0.3) is 0 Å². The first-order valence-corrected chi connectivity index (χ1v) is 6.36. The maximum atomic E-state index is 4.13. The van der Waals surface area contributed by atoms with Gasteiger partial charge in [0.05, 0.1) is 12.2 Å². The number of hydrogen-bond donors (Lipinski definition) is 0.